The molecular weight excluding hydrogens is 264 g/mol. The van der Waals surface area contributed by atoms with Gasteiger partial charge in [-0.25, -0.2) is 8.78 Å². The van der Waals surface area contributed by atoms with E-state index in [9.17, 15) is 13.6 Å². The molecule has 1 amide bonds. The van der Waals surface area contributed by atoms with E-state index in [1.807, 2.05) is 6.07 Å². The molecule has 0 aliphatic heterocycles. The van der Waals surface area contributed by atoms with E-state index in [0.29, 0.717) is 5.75 Å². The van der Waals surface area contributed by atoms with Gasteiger partial charge in [0.15, 0.2) is 6.61 Å². The highest BCUT2D eigenvalue weighted by Crippen LogP contribution is 2.22. The maximum atomic E-state index is 13.5. The van der Waals surface area contributed by atoms with Crippen LogP contribution in [-0.2, 0) is 4.79 Å². The van der Waals surface area contributed by atoms with Crippen LogP contribution in [0.1, 0.15) is 0 Å². The third-order valence-corrected chi connectivity index (χ3v) is 2.75. The Morgan fingerprint density at radius 2 is 1.65 bits per heavy atom. The quantitative estimate of drug-likeness (QED) is 0.859. The summed E-state index contributed by atoms with van der Waals surface area (Å²) in [5.41, 5.74) is -0.380. The van der Waals surface area contributed by atoms with Crippen LogP contribution in [-0.4, -0.2) is 19.6 Å². The van der Waals surface area contributed by atoms with E-state index < -0.39 is 17.5 Å². The molecule has 0 bridgehead atoms. The van der Waals surface area contributed by atoms with Crippen LogP contribution in [0.2, 0.25) is 0 Å². The van der Waals surface area contributed by atoms with E-state index in [0.717, 1.165) is 17.0 Å². The van der Waals surface area contributed by atoms with E-state index in [2.05, 4.69) is 0 Å². The van der Waals surface area contributed by atoms with Gasteiger partial charge in [-0.15, -0.1) is 0 Å². The summed E-state index contributed by atoms with van der Waals surface area (Å²) in [6.07, 6.45) is 0. The van der Waals surface area contributed by atoms with E-state index in [1.54, 1.807) is 24.3 Å². The van der Waals surface area contributed by atoms with Crippen molar-refractivity contribution in [2.24, 2.45) is 0 Å². The van der Waals surface area contributed by atoms with E-state index in [-0.39, 0.29) is 12.3 Å². The lowest BCUT2D eigenvalue weighted by atomic mass is 10.2. The number of carbonyl (C=O) groups is 1. The Bertz CT molecular complexity index is 582. The van der Waals surface area contributed by atoms with E-state index >= 15 is 0 Å². The second-order valence-electron chi connectivity index (χ2n) is 4.12. The molecule has 20 heavy (non-hydrogen) atoms. The van der Waals surface area contributed by atoms with Crippen LogP contribution in [0.4, 0.5) is 14.5 Å². The average Bonchev–Trinajstić information content (AvgIpc) is 2.45. The van der Waals surface area contributed by atoms with Crippen LogP contribution in [0.15, 0.2) is 48.5 Å². The minimum Gasteiger partial charge on any atom is -0.484 e. The molecule has 3 nitrogen and oxygen atoms in total. The number of nitrogens with zero attached hydrogens (tertiary/aromatic N) is 1. The first-order chi connectivity index (χ1) is 9.59. The van der Waals surface area contributed by atoms with Gasteiger partial charge in [0.2, 0.25) is 0 Å². The highest BCUT2D eigenvalue weighted by atomic mass is 19.1. The van der Waals surface area contributed by atoms with Crippen LogP contribution in [0.25, 0.3) is 0 Å². The van der Waals surface area contributed by atoms with Gasteiger partial charge in [0.1, 0.15) is 23.1 Å². The predicted octanol–water partition coefficient (Wildman–Crippen LogP) is 3.01. The number of para-hydroxylation sites is 2. The Kier molecular flexibility index (Phi) is 4.30. The lowest BCUT2D eigenvalue weighted by molar-refractivity contribution is -0.120. The number of hydrogen-bond acceptors (Lipinski definition) is 2. The maximum absolute atomic E-state index is 13.5. The topological polar surface area (TPSA) is 29.5 Å². The molecule has 0 unspecified atom stereocenters. The molecule has 0 atom stereocenters. The van der Waals surface area contributed by atoms with Gasteiger partial charge in [-0.1, -0.05) is 24.3 Å². The Balaban J connectivity index is 2.06. The van der Waals surface area contributed by atoms with Crippen molar-refractivity contribution in [1.82, 2.24) is 0 Å². The molecule has 0 N–H and O–H groups in total. The highest BCUT2D eigenvalue weighted by molar-refractivity contribution is 5.94. The molecule has 2 rings (SSSR count). The number of ether oxygens (including phenoxy) is 1. The van der Waals surface area contributed by atoms with Gasteiger partial charge in [0, 0.05) is 7.05 Å². The minimum absolute atomic E-state index is 0.297. The van der Waals surface area contributed by atoms with Crippen molar-refractivity contribution in [3.63, 3.8) is 0 Å². The summed E-state index contributed by atoms with van der Waals surface area (Å²) in [4.78, 5) is 12.8. The fraction of sp³-hybridized carbons (Fsp3) is 0.133. The molecule has 0 aliphatic rings. The fourth-order valence-corrected chi connectivity index (χ4v) is 1.69. The Hall–Kier alpha value is -2.43. The van der Waals surface area contributed by atoms with Gasteiger partial charge >= 0.3 is 0 Å². The zero-order valence-electron chi connectivity index (χ0n) is 10.8. The van der Waals surface area contributed by atoms with Gasteiger partial charge < -0.3 is 9.64 Å². The number of rotatable bonds is 4. The van der Waals surface area contributed by atoms with Gasteiger partial charge in [-0.2, -0.15) is 0 Å². The van der Waals surface area contributed by atoms with Crippen LogP contribution in [0.5, 0.6) is 5.75 Å². The van der Waals surface area contributed by atoms with Gasteiger partial charge in [-0.05, 0) is 24.3 Å². The molecule has 0 fully saturated rings. The predicted molar refractivity (Wildman–Crippen MR) is 71.7 cm³/mol. The second kappa shape index (κ2) is 6.14. The average molecular weight is 277 g/mol. The third kappa shape index (κ3) is 3.12. The first kappa shape index (κ1) is 14.0. The summed E-state index contributed by atoms with van der Waals surface area (Å²) in [5.74, 6) is -1.61. The van der Waals surface area contributed by atoms with Crippen LogP contribution < -0.4 is 9.64 Å². The monoisotopic (exact) mass is 277 g/mol. The molecular formula is C15H13F2NO2. The fourth-order valence-electron chi connectivity index (χ4n) is 1.69. The molecule has 0 heterocycles. The van der Waals surface area contributed by atoms with E-state index in [4.69, 9.17) is 4.74 Å². The largest absolute Gasteiger partial charge is 0.484 e. The molecule has 2 aromatic rings. The van der Waals surface area contributed by atoms with Crippen molar-refractivity contribution in [3.8, 4) is 5.75 Å². The summed E-state index contributed by atoms with van der Waals surface area (Å²) in [6.45, 7) is -0.297. The number of benzene rings is 2. The highest BCUT2D eigenvalue weighted by Gasteiger charge is 2.19. The summed E-state index contributed by atoms with van der Waals surface area (Å²) in [5, 5.41) is 0. The van der Waals surface area contributed by atoms with Gasteiger partial charge in [0.05, 0.1) is 0 Å². The zero-order valence-corrected chi connectivity index (χ0v) is 10.8. The Morgan fingerprint density at radius 1 is 1.05 bits per heavy atom. The molecule has 0 aliphatic carbocycles. The number of anilines is 1. The number of hydrogen-bond donors (Lipinski definition) is 0. The Morgan fingerprint density at radius 3 is 2.25 bits per heavy atom. The molecule has 0 saturated heterocycles. The third-order valence-electron chi connectivity index (χ3n) is 2.75. The minimum atomic E-state index is -0.791. The van der Waals surface area contributed by atoms with Crippen molar-refractivity contribution in [1.29, 1.82) is 0 Å². The molecule has 0 aromatic heterocycles. The zero-order chi connectivity index (χ0) is 14.5. The van der Waals surface area contributed by atoms with Gasteiger partial charge in [0.25, 0.3) is 5.91 Å². The van der Waals surface area contributed by atoms with Crippen molar-refractivity contribution < 1.29 is 18.3 Å². The van der Waals surface area contributed by atoms with Crippen LogP contribution in [0.3, 0.4) is 0 Å². The normalized spacial score (nSPS) is 10.2. The Labute approximate surface area is 115 Å². The standard InChI is InChI=1S/C15H13F2NO2/c1-18(15-12(16)8-5-9-13(15)17)14(19)10-20-11-6-3-2-4-7-11/h2-9H,10H2,1H3. The number of amides is 1. The lowest BCUT2D eigenvalue weighted by Gasteiger charge is -2.18. The SMILES string of the molecule is CN(C(=O)COc1ccccc1)c1c(F)cccc1F. The molecule has 0 saturated carbocycles. The maximum Gasteiger partial charge on any atom is 0.264 e. The van der Waals surface area contributed by atoms with Crippen molar-refractivity contribution in [3.05, 3.63) is 60.2 Å². The molecule has 104 valence electrons. The van der Waals surface area contributed by atoms with Crippen molar-refractivity contribution in [2.75, 3.05) is 18.6 Å². The second-order valence-corrected chi connectivity index (χ2v) is 4.12. The lowest BCUT2D eigenvalue weighted by Crippen LogP contribution is -2.32. The summed E-state index contributed by atoms with van der Waals surface area (Å²) < 4.78 is 32.4. The number of likely N-dealkylation sites (N-methyl/N-ethyl adjacent to an activating group) is 1. The molecule has 5 heteroatoms. The van der Waals surface area contributed by atoms with Crippen molar-refractivity contribution in [2.45, 2.75) is 0 Å². The molecule has 2 aromatic carbocycles. The van der Waals surface area contributed by atoms with Crippen molar-refractivity contribution >= 4 is 11.6 Å². The number of halogens is 2. The van der Waals surface area contributed by atoms with Crippen LogP contribution >= 0.6 is 0 Å². The molecule has 0 radical (unpaired) electrons. The smallest absolute Gasteiger partial charge is 0.264 e. The van der Waals surface area contributed by atoms with Crippen LogP contribution in [0, 0.1) is 11.6 Å². The summed E-state index contributed by atoms with van der Waals surface area (Å²) in [6, 6.07) is 12.2. The first-order valence-electron chi connectivity index (χ1n) is 5.98. The van der Waals surface area contributed by atoms with E-state index in [1.165, 1.54) is 13.1 Å². The first-order valence-corrected chi connectivity index (χ1v) is 5.98. The summed E-state index contributed by atoms with van der Waals surface area (Å²) in [7, 11) is 1.30. The number of carbonyl (C=O) groups excluding carboxylic acids is 1. The summed E-state index contributed by atoms with van der Waals surface area (Å²) >= 11 is 0. The molecule has 0 spiro atoms. The van der Waals surface area contributed by atoms with Gasteiger partial charge in [-0.3, -0.25) is 4.79 Å².